The summed E-state index contributed by atoms with van der Waals surface area (Å²) in [7, 11) is 0. The number of ether oxygens (including phenoxy) is 1. The molecule has 2 heterocycles. The van der Waals surface area contributed by atoms with E-state index in [1.807, 2.05) is 6.92 Å². The molecule has 0 radical (unpaired) electrons. The Morgan fingerprint density at radius 3 is 2.77 bits per heavy atom. The van der Waals surface area contributed by atoms with Crippen molar-refractivity contribution in [1.29, 1.82) is 0 Å². The molecule has 1 atom stereocenters. The number of anilines is 1. The number of para-hydroxylation sites is 1. The lowest BCUT2D eigenvalue weighted by Crippen LogP contribution is -2.25. The Balaban J connectivity index is 0.000000758. The van der Waals surface area contributed by atoms with Crippen LogP contribution in [0, 0.1) is 0 Å². The number of hydrogen-bond acceptors (Lipinski definition) is 4. The first-order chi connectivity index (χ1) is 12.5. The molecule has 1 aromatic carbocycles. The van der Waals surface area contributed by atoms with Crippen molar-refractivity contribution in [1.82, 2.24) is 9.78 Å². The third-order valence-corrected chi connectivity index (χ3v) is 3.84. The fourth-order valence-electron chi connectivity index (χ4n) is 2.90. The van der Waals surface area contributed by atoms with Crippen LogP contribution in [-0.4, -0.2) is 33.9 Å². The SMILES string of the molecule is CCCn1ncc2c1NC(=O)CC2c1ccccc1OC(F)F.O=CO. The van der Waals surface area contributed by atoms with Crippen LogP contribution in [-0.2, 0) is 16.1 Å². The number of alkyl halides is 2. The van der Waals surface area contributed by atoms with Crippen molar-refractivity contribution in [3.05, 3.63) is 41.6 Å². The molecule has 3 rings (SSSR count). The molecular weight excluding hydrogens is 348 g/mol. The molecule has 0 saturated carbocycles. The van der Waals surface area contributed by atoms with Crippen LogP contribution in [0.15, 0.2) is 30.5 Å². The van der Waals surface area contributed by atoms with Gasteiger partial charge in [-0.3, -0.25) is 9.59 Å². The molecule has 1 aromatic heterocycles. The smallest absolute Gasteiger partial charge is 0.387 e. The van der Waals surface area contributed by atoms with Crippen molar-refractivity contribution in [3.8, 4) is 5.75 Å². The largest absolute Gasteiger partial charge is 0.483 e. The molecule has 9 heteroatoms. The van der Waals surface area contributed by atoms with Crippen LogP contribution in [0.1, 0.15) is 36.8 Å². The van der Waals surface area contributed by atoms with Gasteiger partial charge >= 0.3 is 6.61 Å². The number of carboxylic acid groups (broad SMARTS) is 1. The molecular formula is C17H19F2N3O4. The van der Waals surface area contributed by atoms with E-state index in [1.54, 1.807) is 29.1 Å². The minimum Gasteiger partial charge on any atom is -0.483 e. The topological polar surface area (TPSA) is 93.5 Å². The number of aryl methyl sites for hydroxylation is 1. The second-order valence-electron chi connectivity index (χ2n) is 5.50. The number of carbonyl (C=O) groups is 2. The summed E-state index contributed by atoms with van der Waals surface area (Å²) < 4.78 is 31.6. The maximum absolute atomic E-state index is 12.6. The molecule has 2 N–H and O–H groups in total. The van der Waals surface area contributed by atoms with Gasteiger partial charge in [-0.1, -0.05) is 25.1 Å². The monoisotopic (exact) mass is 367 g/mol. The van der Waals surface area contributed by atoms with E-state index in [1.165, 1.54) is 6.07 Å². The van der Waals surface area contributed by atoms with Crippen LogP contribution in [0.3, 0.4) is 0 Å². The summed E-state index contributed by atoms with van der Waals surface area (Å²) in [6, 6.07) is 6.58. The van der Waals surface area contributed by atoms with E-state index in [-0.39, 0.29) is 30.5 Å². The zero-order valence-electron chi connectivity index (χ0n) is 14.1. The van der Waals surface area contributed by atoms with Gasteiger partial charge in [0.1, 0.15) is 11.6 Å². The van der Waals surface area contributed by atoms with Crippen LogP contribution in [0.4, 0.5) is 14.6 Å². The molecule has 0 saturated heterocycles. The average molecular weight is 367 g/mol. The van der Waals surface area contributed by atoms with Crippen LogP contribution in [0.25, 0.3) is 0 Å². The van der Waals surface area contributed by atoms with E-state index in [0.717, 1.165) is 12.0 Å². The van der Waals surface area contributed by atoms with Crippen molar-refractivity contribution in [2.75, 3.05) is 5.32 Å². The summed E-state index contributed by atoms with van der Waals surface area (Å²) in [6.45, 7) is -0.463. The molecule has 2 aromatic rings. The van der Waals surface area contributed by atoms with Gasteiger partial charge < -0.3 is 15.2 Å². The fraction of sp³-hybridized carbons (Fsp3) is 0.353. The quantitative estimate of drug-likeness (QED) is 0.792. The molecule has 140 valence electrons. The van der Waals surface area contributed by atoms with Gasteiger partial charge in [-0.05, 0) is 12.5 Å². The summed E-state index contributed by atoms with van der Waals surface area (Å²) in [6.07, 6.45) is 2.74. The Morgan fingerprint density at radius 2 is 2.12 bits per heavy atom. The summed E-state index contributed by atoms with van der Waals surface area (Å²) >= 11 is 0. The van der Waals surface area contributed by atoms with E-state index in [2.05, 4.69) is 15.2 Å². The van der Waals surface area contributed by atoms with Crippen molar-refractivity contribution >= 4 is 18.2 Å². The Hall–Kier alpha value is -2.97. The molecule has 0 spiro atoms. The van der Waals surface area contributed by atoms with Crippen LogP contribution in [0.2, 0.25) is 0 Å². The maximum atomic E-state index is 12.6. The first-order valence-electron chi connectivity index (χ1n) is 7.98. The summed E-state index contributed by atoms with van der Waals surface area (Å²) in [5.74, 6) is 0.225. The predicted molar refractivity (Wildman–Crippen MR) is 89.4 cm³/mol. The highest BCUT2D eigenvalue weighted by Gasteiger charge is 2.31. The van der Waals surface area contributed by atoms with E-state index in [9.17, 15) is 13.6 Å². The maximum Gasteiger partial charge on any atom is 0.387 e. The fourth-order valence-corrected chi connectivity index (χ4v) is 2.90. The van der Waals surface area contributed by atoms with E-state index in [0.29, 0.717) is 17.9 Å². The van der Waals surface area contributed by atoms with Gasteiger partial charge in [0, 0.05) is 30.0 Å². The number of hydrogen-bond donors (Lipinski definition) is 2. The van der Waals surface area contributed by atoms with Gasteiger partial charge in [-0.25, -0.2) is 4.68 Å². The van der Waals surface area contributed by atoms with Crippen LogP contribution in [0.5, 0.6) is 5.75 Å². The molecule has 1 amide bonds. The van der Waals surface area contributed by atoms with Gasteiger partial charge in [0.25, 0.3) is 6.47 Å². The molecule has 1 aliphatic heterocycles. The van der Waals surface area contributed by atoms with Gasteiger partial charge in [0.2, 0.25) is 5.91 Å². The molecule has 7 nitrogen and oxygen atoms in total. The van der Waals surface area contributed by atoms with Gasteiger partial charge in [0.15, 0.2) is 0 Å². The Kier molecular flexibility index (Phi) is 6.65. The second kappa shape index (κ2) is 8.93. The molecule has 0 fully saturated rings. The Labute approximate surface area is 148 Å². The van der Waals surface area contributed by atoms with Crippen LogP contribution < -0.4 is 10.1 Å². The van der Waals surface area contributed by atoms with E-state index >= 15 is 0 Å². The summed E-state index contributed by atoms with van der Waals surface area (Å²) in [4.78, 5) is 20.4. The van der Waals surface area contributed by atoms with Gasteiger partial charge in [-0.15, -0.1) is 0 Å². The van der Waals surface area contributed by atoms with Crippen molar-refractivity contribution in [2.24, 2.45) is 0 Å². The first-order valence-corrected chi connectivity index (χ1v) is 7.98. The lowest BCUT2D eigenvalue weighted by Gasteiger charge is -2.25. The minimum atomic E-state index is -2.91. The average Bonchev–Trinajstić information content (AvgIpc) is 2.98. The van der Waals surface area contributed by atoms with Crippen molar-refractivity contribution < 1.29 is 28.2 Å². The number of halogens is 2. The zero-order chi connectivity index (χ0) is 19.1. The minimum absolute atomic E-state index is 0.0939. The number of fused-ring (bicyclic) bond motifs is 1. The number of nitrogens with one attached hydrogen (secondary N) is 1. The molecule has 1 unspecified atom stereocenters. The van der Waals surface area contributed by atoms with E-state index < -0.39 is 6.61 Å². The summed E-state index contributed by atoms with van der Waals surface area (Å²) in [5.41, 5.74) is 1.39. The highest BCUT2D eigenvalue weighted by molar-refractivity contribution is 5.94. The van der Waals surface area contributed by atoms with Crippen molar-refractivity contribution in [2.45, 2.75) is 38.8 Å². The highest BCUT2D eigenvalue weighted by Crippen LogP contribution is 2.40. The molecule has 26 heavy (non-hydrogen) atoms. The number of rotatable bonds is 5. The lowest BCUT2D eigenvalue weighted by molar-refractivity contribution is -0.123. The first kappa shape index (κ1) is 19.4. The zero-order valence-corrected chi connectivity index (χ0v) is 14.1. The predicted octanol–water partition coefficient (Wildman–Crippen LogP) is 3.07. The second-order valence-corrected chi connectivity index (χ2v) is 5.50. The van der Waals surface area contributed by atoms with Crippen LogP contribution >= 0.6 is 0 Å². The molecule has 0 aliphatic carbocycles. The summed E-state index contributed by atoms with van der Waals surface area (Å²) in [5, 5.41) is 14.0. The molecule has 0 bridgehead atoms. The normalized spacial score (nSPS) is 15.5. The number of benzene rings is 1. The van der Waals surface area contributed by atoms with E-state index in [4.69, 9.17) is 9.90 Å². The standard InChI is InChI=1S/C16H17F2N3O2.CH2O2/c1-2-7-21-15-12(9-19-21)11(8-14(22)20-15)10-5-3-4-6-13(10)23-16(17)18;2-1-3/h3-6,9,11,16H,2,7-8H2,1H3,(H,20,22);1H,(H,2,3). The lowest BCUT2D eigenvalue weighted by atomic mass is 9.87. The Morgan fingerprint density at radius 1 is 1.42 bits per heavy atom. The number of carbonyl (C=O) groups excluding carboxylic acids is 1. The highest BCUT2D eigenvalue weighted by atomic mass is 19.3. The van der Waals surface area contributed by atoms with Gasteiger partial charge in [0.05, 0.1) is 6.20 Å². The Bertz CT molecular complexity index is 764. The number of amides is 1. The van der Waals surface area contributed by atoms with Gasteiger partial charge in [-0.2, -0.15) is 13.9 Å². The van der Waals surface area contributed by atoms with Crippen molar-refractivity contribution in [3.63, 3.8) is 0 Å². The third kappa shape index (κ3) is 4.35. The third-order valence-electron chi connectivity index (χ3n) is 3.84. The molecule has 1 aliphatic rings. The number of nitrogens with zero attached hydrogens (tertiary/aromatic N) is 2. The number of aromatic nitrogens is 2.